The third kappa shape index (κ3) is 4.14. The van der Waals surface area contributed by atoms with Crippen LogP contribution in [0.3, 0.4) is 0 Å². The third-order valence-corrected chi connectivity index (χ3v) is 5.54. The highest BCUT2D eigenvalue weighted by Crippen LogP contribution is 2.30. The highest BCUT2D eigenvalue weighted by molar-refractivity contribution is 6.30. The second-order valence-corrected chi connectivity index (χ2v) is 7.83. The van der Waals surface area contributed by atoms with E-state index in [4.69, 9.17) is 25.5 Å². The van der Waals surface area contributed by atoms with E-state index in [2.05, 4.69) is 21.9 Å². The highest BCUT2D eigenvalue weighted by atomic mass is 35.5. The van der Waals surface area contributed by atoms with E-state index in [0.717, 1.165) is 67.1 Å². The monoisotopic (exact) mass is 400 g/mol. The standard InChI is InChI=1S/C21H25ClN4O2/c1-14-12-19(28-24-14)13-25-8-10-26(11-9-25)16(3)21-23-15(2)20(27-21)17-4-6-18(22)7-5-17/h4-7,12,16H,8-11,13H2,1-3H3. The van der Waals surface area contributed by atoms with Crippen LogP contribution in [0.1, 0.15) is 36.0 Å². The summed E-state index contributed by atoms with van der Waals surface area (Å²) in [5.41, 5.74) is 2.83. The van der Waals surface area contributed by atoms with Crippen LogP contribution in [0, 0.1) is 13.8 Å². The predicted octanol–water partition coefficient (Wildman–Crippen LogP) is 4.48. The first-order chi connectivity index (χ1) is 13.5. The smallest absolute Gasteiger partial charge is 0.212 e. The number of piperazine rings is 1. The maximum atomic E-state index is 6.15. The van der Waals surface area contributed by atoms with Crippen LogP contribution in [-0.2, 0) is 6.54 Å². The quantitative estimate of drug-likeness (QED) is 0.629. The van der Waals surface area contributed by atoms with Gasteiger partial charge >= 0.3 is 0 Å². The molecule has 0 aliphatic carbocycles. The Hall–Kier alpha value is -2.15. The molecule has 7 heteroatoms. The fourth-order valence-corrected chi connectivity index (χ4v) is 3.77. The molecular formula is C21H25ClN4O2. The molecule has 1 atom stereocenters. The summed E-state index contributed by atoms with van der Waals surface area (Å²) in [6, 6.07) is 9.81. The summed E-state index contributed by atoms with van der Waals surface area (Å²) < 4.78 is 11.5. The normalized spacial score (nSPS) is 17.1. The van der Waals surface area contributed by atoms with Crippen molar-refractivity contribution in [2.45, 2.75) is 33.4 Å². The van der Waals surface area contributed by atoms with Crippen molar-refractivity contribution >= 4 is 11.6 Å². The lowest BCUT2D eigenvalue weighted by atomic mass is 10.1. The summed E-state index contributed by atoms with van der Waals surface area (Å²) in [6.07, 6.45) is 0. The van der Waals surface area contributed by atoms with Crippen LogP contribution in [0.25, 0.3) is 11.3 Å². The van der Waals surface area contributed by atoms with Gasteiger partial charge in [0.25, 0.3) is 0 Å². The van der Waals surface area contributed by atoms with Crippen molar-refractivity contribution in [3.05, 3.63) is 58.4 Å². The zero-order chi connectivity index (χ0) is 19.7. The van der Waals surface area contributed by atoms with E-state index < -0.39 is 0 Å². The summed E-state index contributed by atoms with van der Waals surface area (Å²) in [7, 11) is 0. The van der Waals surface area contributed by atoms with Gasteiger partial charge in [0, 0.05) is 42.8 Å². The number of nitrogens with zero attached hydrogens (tertiary/aromatic N) is 4. The molecule has 0 saturated carbocycles. The minimum absolute atomic E-state index is 0.134. The van der Waals surface area contributed by atoms with Crippen molar-refractivity contribution in [1.82, 2.24) is 19.9 Å². The van der Waals surface area contributed by atoms with Gasteiger partial charge in [-0.3, -0.25) is 9.80 Å². The molecule has 28 heavy (non-hydrogen) atoms. The average molecular weight is 401 g/mol. The molecular weight excluding hydrogens is 376 g/mol. The Morgan fingerprint density at radius 3 is 2.46 bits per heavy atom. The van der Waals surface area contributed by atoms with Crippen molar-refractivity contribution in [1.29, 1.82) is 0 Å². The molecule has 1 fully saturated rings. The minimum atomic E-state index is 0.134. The number of benzene rings is 1. The molecule has 2 aromatic heterocycles. The summed E-state index contributed by atoms with van der Waals surface area (Å²) in [6.45, 7) is 10.8. The lowest BCUT2D eigenvalue weighted by molar-refractivity contribution is 0.0823. The Labute approximate surface area is 170 Å². The van der Waals surface area contributed by atoms with Crippen LogP contribution in [-0.4, -0.2) is 46.1 Å². The SMILES string of the molecule is Cc1cc(CN2CCN(C(C)c3nc(C)c(-c4ccc(Cl)cc4)o3)CC2)on1. The summed E-state index contributed by atoms with van der Waals surface area (Å²) >= 11 is 5.99. The van der Waals surface area contributed by atoms with E-state index in [-0.39, 0.29) is 6.04 Å². The van der Waals surface area contributed by atoms with Crippen molar-refractivity contribution < 1.29 is 8.94 Å². The predicted molar refractivity (Wildman–Crippen MR) is 108 cm³/mol. The second kappa shape index (κ2) is 8.07. The van der Waals surface area contributed by atoms with Crippen molar-refractivity contribution in [2.24, 2.45) is 0 Å². The number of halogens is 1. The molecule has 6 nitrogen and oxygen atoms in total. The summed E-state index contributed by atoms with van der Waals surface area (Å²) in [5, 5.41) is 4.68. The first-order valence-electron chi connectivity index (χ1n) is 9.61. The number of aryl methyl sites for hydroxylation is 2. The van der Waals surface area contributed by atoms with Gasteiger partial charge in [-0.05, 0) is 45.0 Å². The largest absolute Gasteiger partial charge is 0.439 e. The zero-order valence-electron chi connectivity index (χ0n) is 16.5. The molecule has 4 rings (SSSR count). The van der Waals surface area contributed by atoms with E-state index >= 15 is 0 Å². The molecule has 1 unspecified atom stereocenters. The Bertz CT molecular complexity index is 926. The molecule has 1 aromatic carbocycles. The van der Waals surface area contributed by atoms with E-state index in [1.165, 1.54) is 0 Å². The average Bonchev–Trinajstić information content (AvgIpc) is 3.28. The van der Waals surface area contributed by atoms with Gasteiger partial charge in [-0.1, -0.05) is 16.8 Å². The fourth-order valence-electron chi connectivity index (χ4n) is 3.64. The molecule has 0 N–H and O–H groups in total. The molecule has 1 saturated heterocycles. The lowest BCUT2D eigenvalue weighted by Crippen LogP contribution is -2.46. The number of hydrogen-bond acceptors (Lipinski definition) is 6. The Morgan fingerprint density at radius 1 is 1.11 bits per heavy atom. The number of oxazole rings is 1. The number of hydrogen-bond donors (Lipinski definition) is 0. The first-order valence-corrected chi connectivity index (χ1v) is 9.99. The lowest BCUT2D eigenvalue weighted by Gasteiger charge is -2.36. The van der Waals surface area contributed by atoms with Gasteiger partial charge in [0.05, 0.1) is 24.0 Å². The van der Waals surface area contributed by atoms with E-state index in [9.17, 15) is 0 Å². The molecule has 0 radical (unpaired) electrons. The fraction of sp³-hybridized carbons (Fsp3) is 0.429. The maximum Gasteiger partial charge on any atom is 0.212 e. The Kier molecular flexibility index (Phi) is 5.53. The van der Waals surface area contributed by atoms with E-state index in [1.54, 1.807) is 0 Å². The molecule has 1 aliphatic heterocycles. The summed E-state index contributed by atoms with van der Waals surface area (Å²) in [5.74, 6) is 2.51. The molecule has 1 aliphatic rings. The Morgan fingerprint density at radius 2 is 1.82 bits per heavy atom. The second-order valence-electron chi connectivity index (χ2n) is 7.40. The van der Waals surface area contributed by atoms with E-state index in [0.29, 0.717) is 5.02 Å². The third-order valence-electron chi connectivity index (χ3n) is 5.29. The van der Waals surface area contributed by atoms with Crippen molar-refractivity contribution in [2.75, 3.05) is 26.2 Å². The van der Waals surface area contributed by atoms with Crippen molar-refractivity contribution in [3.63, 3.8) is 0 Å². The van der Waals surface area contributed by atoms with Crippen LogP contribution < -0.4 is 0 Å². The topological polar surface area (TPSA) is 58.5 Å². The maximum absolute atomic E-state index is 6.15. The zero-order valence-corrected chi connectivity index (χ0v) is 17.2. The molecule has 3 heterocycles. The van der Waals surface area contributed by atoms with Gasteiger partial charge < -0.3 is 8.94 Å². The van der Waals surface area contributed by atoms with E-state index in [1.807, 2.05) is 44.2 Å². The van der Waals surface area contributed by atoms with Crippen molar-refractivity contribution in [3.8, 4) is 11.3 Å². The van der Waals surface area contributed by atoms with Crippen LogP contribution in [0.4, 0.5) is 0 Å². The molecule has 3 aromatic rings. The van der Waals surface area contributed by atoms with Gasteiger partial charge in [-0.15, -0.1) is 0 Å². The van der Waals surface area contributed by atoms with Gasteiger partial charge in [-0.25, -0.2) is 4.98 Å². The van der Waals surface area contributed by atoms with Crippen LogP contribution in [0.2, 0.25) is 5.02 Å². The number of aromatic nitrogens is 2. The van der Waals surface area contributed by atoms with Gasteiger partial charge in [0.15, 0.2) is 11.5 Å². The van der Waals surface area contributed by atoms with Crippen LogP contribution in [0.5, 0.6) is 0 Å². The summed E-state index contributed by atoms with van der Waals surface area (Å²) in [4.78, 5) is 9.50. The van der Waals surface area contributed by atoms with Crippen LogP contribution >= 0.6 is 11.6 Å². The van der Waals surface area contributed by atoms with Gasteiger partial charge in [0.1, 0.15) is 0 Å². The number of rotatable bonds is 5. The molecule has 148 valence electrons. The minimum Gasteiger partial charge on any atom is -0.439 e. The first kappa shape index (κ1) is 19.2. The van der Waals surface area contributed by atoms with Crippen LogP contribution in [0.15, 0.2) is 39.3 Å². The molecule has 0 spiro atoms. The van der Waals surface area contributed by atoms with Gasteiger partial charge in [0.2, 0.25) is 5.89 Å². The van der Waals surface area contributed by atoms with Gasteiger partial charge in [-0.2, -0.15) is 0 Å². The Balaban J connectivity index is 1.39. The molecule has 0 amide bonds. The molecule has 0 bridgehead atoms. The highest BCUT2D eigenvalue weighted by Gasteiger charge is 2.26.